The molecular weight excluding hydrogens is 217 g/mol. The lowest BCUT2D eigenvalue weighted by Crippen LogP contribution is -2.24. The fourth-order valence-electron chi connectivity index (χ4n) is 0.822. The zero-order chi connectivity index (χ0) is 10.9. The first kappa shape index (κ1) is 11.0. The SMILES string of the molecule is Cc1cn(C)c(=NC(=O)C(F)(F)F)s1. The largest absolute Gasteiger partial charge is 0.473 e. The van der Waals surface area contributed by atoms with E-state index in [1.165, 1.54) is 11.6 Å². The van der Waals surface area contributed by atoms with Gasteiger partial charge in [-0.2, -0.15) is 18.2 Å². The maximum atomic E-state index is 11.8. The molecule has 14 heavy (non-hydrogen) atoms. The molecule has 7 heteroatoms. The van der Waals surface area contributed by atoms with Crippen LogP contribution in [0.25, 0.3) is 0 Å². The van der Waals surface area contributed by atoms with E-state index in [2.05, 4.69) is 4.99 Å². The number of nitrogens with zero attached hydrogens (tertiary/aromatic N) is 2. The Balaban J connectivity index is 3.12. The van der Waals surface area contributed by atoms with Crippen LogP contribution in [0.4, 0.5) is 13.2 Å². The molecule has 0 unspecified atom stereocenters. The Bertz CT molecular complexity index is 415. The number of rotatable bonds is 0. The molecule has 0 saturated carbocycles. The van der Waals surface area contributed by atoms with Crippen molar-refractivity contribution in [3.8, 4) is 0 Å². The van der Waals surface area contributed by atoms with Gasteiger partial charge < -0.3 is 4.57 Å². The van der Waals surface area contributed by atoms with Gasteiger partial charge in [0.1, 0.15) is 0 Å². The lowest BCUT2D eigenvalue weighted by atomic mass is 10.6. The third-order valence-electron chi connectivity index (χ3n) is 1.37. The van der Waals surface area contributed by atoms with E-state index in [1.54, 1.807) is 13.1 Å². The molecule has 1 rings (SSSR count). The van der Waals surface area contributed by atoms with E-state index >= 15 is 0 Å². The van der Waals surface area contributed by atoms with Gasteiger partial charge >= 0.3 is 12.1 Å². The van der Waals surface area contributed by atoms with E-state index in [-0.39, 0.29) is 4.80 Å². The molecule has 1 heterocycles. The van der Waals surface area contributed by atoms with E-state index in [4.69, 9.17) is 0 Å². The van der Waals surface area contributed by atoms with E-state index in [1.807, 2.05) is 0 Å². The molecule has 0 aliphatic carbocycles. The van der Waals surface area contributed by atoms with Crippen LogP contribution in [0, 0.1) is 6.92 Å². The number of amides is 1. The minimum Gasteiger partial charge on any atom is -0.326 e. The topological polar surface area (TPSA) is 34.4 Å². The number of halogens is 3. The summed E-state index contributed by atoms with van der Waals surface area (Å²) < 4.78 is 36.9. The van der Waals surface area contributed by atoms with Crippen molar-refractivity contribution in [2.45, 2.75) is 13.1 Å². The van der Waals surface area contributed by atoms with E-state index < -0.39 is 12.1 Å². The predicted octanol–water partition coefficient (Wildman–Crippen LogP) is 1.38. The van der Waals surface area contributed by atoms with Crippen LogP contribution in [0.1, 0.15) is 4.88 Å². The van der Waals surface area contributed by atoms with Gasteiger partial charge in [0.25, 0.3) is 0 Å². The Morgan fingerprint density at radius 1 is 1.57 bits per heavy atom. The van der Waals surface area contributed by atoms with Gasteiger partial charge in [-0.3, -0.25) is 4.79 Å². The summed E-state index contributed by atoms with van der Waals surface area (Å²) in [5.41, 5.74) is 0. The van der Waals surface area contributed by atoms with Gasteiger partial charge in [-0.15, -0.1) is 11.3 Å². The van der Waals surface area contributed by atoms with Crippen molar-refractivity contribution >= 4 is 17.2 Å². The highest BCUT2D eigenvalue weighted by Gasteiger charge is 2.38. The first-order chi connectivity index (χ1) is 6.30. The van der Waals surface area contributed by atoms with Gasteiger partial charge in [-0.05, 0) is 6.92 Å². The normalized spacial score (nSPS) is 13.4. The van der Waals surface area contributed by atoms with Crippen LogP contribution in [0.2, 0.25) is 0 Å². The molecule has 0 aliphatic heterocycles. The molecule has 0 atom stereocenters. The van der Waals surface area contributed by atoms with Crippen LogP contribution in [0.5, 0.6) is 0 Å². The molecule has 1 aromatic heterocycles. The molecule has 0 N–H and O–H groups in total. The molecular formula is C7H7F3N2OS. The van der Waals surface area contributed by atoms with Crippen LogP contribution in [-0.2, 0) is 11.8 Å². The quantitative estimate of drug-likeness (QED) is 0.655. The average molecular weight is 224 g/mol. The van der Waals surface area contributed by atoms with Crippen molar-refractivity contribution in [2.24, 2.45) is 12.0 Å². The van der Waals surface area contributed by atoms with E-state index in [0.29, 0.717) is 0 Å². The highest BCUT2D eigenvalue weighted by atomic mass is 32.1. The summed E-state index contributed by atoms with van der Waals surface area (Å²) in [7, 11) is 1.53. The second kappa shape index (κ2) is 3.56. The third kappa shape index (κ3) is 2.44. The summed E-state index contributed by atoms with van der Waals surface area (Å²) >= 11 is 1.03. The van der Waals surface area contributed by atoms with Crippen LogP contribution in [0.15, 0.2) is 11.2 Å². The summed E-state index contributed by atoms with van der Waals surface area (Å²) in [6.45, 7) is 1.72. The van der Waals surface area contributed by atoms with Crippen LogP contribution < -0.4 is 4.80 Å². The van der Waals surface area contributed by atoms with E-state index in [0.717, 1.165) is 16.2 Å². The number of hydrogen-bond acceptors (Lipinski definition) is 2. The van der Waals surface area contributed by atoms with Crippen molar-refractivity contribution in [2.75, 3.05) is 0 Å². The summed E-state index contributed by atoms with van der Waals surface area (Å²) in [6.07, 6.45) is -3.29. The van der Waals surface area contributed by atoms with Crippen LogP contribution in [-0.4, -0.2) is 16.7 Å². The number of thiazole rings is 1. The Morgan fingerprint density at radius 3 is 2.50 bits per heavy atom. The molecule has 0 radical (unpaired) electrons. The van der Waals surface area contributed by atoms with Gasteiger partial charge in [-0.25, -0.2) is 0 Å². The lowest BCUT2D eigenvalue weighted by molar-refractivity contribution is -0.169. The zero-order valence-electron chi connectivity index (χ0n) is 7.42. The van der Waals surface area contributed by atoms with Crippen molar-refractivity contribution in [1.29, 1.82) is 0 Å². The van der Waals surface area contributed by atoms with Gasteiger partial charge in [0, 0.05) is 18.1 Å². The maximum Gasteiger partial charge on any atom is 0.473 e. The van der Waals surface area contributed by atoms with Crippen molar-refractivity contribution < 1.29 is 18.0 Å². The van der Waals surface area contributed by atoms with E-state index in [9.17, 15) is 18.0 Å². The number of carbonyl (C=O) groups excluding carboxylic acids is 1. The van der Waals surface area contributed by atoms with Crippen LogP contribution in [0.3, 0.4) is 0 Å². The summed E-state index contributed by atoms with van der Waals surface area (Å²) in [5.74, 6) is -2.07. The molecule has 0 fully saturated rings. The summed E-state index contributed by atoms with van der Waals surface area (Å²) in [6, 6.07) is 0. The minimum atomic E-state index is -4.90. The van der Waals surface area contributed by atoms with Gasteiger partial charge in [-0.1, -0.05) is 0 Å². The van der Waals surface area contributed by atoms with Crippen molar-refractivity contribution in [3.05, 3.63) is 15.9 Å². The van der Waals surface area contributed by atoms with Crippen molar-refractivity contribution in [1.82, 2.24) is 4.57 Å². The smallest absolute Gasteiger partial charge is 0.326 e. The standard InChI is InChI=1S/C7H7F3N2OS/c1-4-3-12(2)6(14-4)11-5(13)7(8,9)10/h3H,1-2H3. The Morgan fingerprint density at radius 2 is 2.14 bits per heavy atom. The highest BCUT2D eigenvalue weighted by Crippen LogP contribution is 2.16. The lowest BCUT2D eigenvalue weighted by Gasteiger charge is -1.97. The van der Waals surface area contributed by atoms with Gasteiger partial charge in [0.15, 0.2) is 4.80 Å². The van der Waals surface area contributed by atoms with Gasteiger partial charge in [0.2, 0.25) is 0 Å². The molecule has 1 aromatic rings. The zero-order valence-corrected chi connectivity index (χ0v) is 8.24. The first-order valence-electron chi connectivity index (χ1n) is 3.59. The number of hydrogen-bond donors (Lipinski definition) is 0. The fourth-order valence-corrected chi connectivity index (χ4v) is 1.65. The van der Waals surface area contributed by atoms with Gasteiger partial charge in [0.05, 0.1) is 0 Å². The minimum absolute atomic E-state index is 0.0461. The Labute approximate surface area is 81.5 Å². The predicted molar refractivity (Wildman–Crippen MR) is 44.7 cm³/mol. The molecule has 1 amide bonds. The number of carbonyl (C=O) groups is 1. The molecule has 78 valence electrons. The highest BCUT2D eigenvalue weighted by molar-refractivity contribution is 7.09. The van der Waals surface area contributed by atoms with Crippen LogP contribution >= 0.6 is 11.3 Å². The molecule has 0 bridgehead atoms. The molecule has 3 nitrogen and oxygen atoms in total. The maximum absolute atomic E-state index is 11.8. The molecule has 0 spiro atoms. The fraction of sp³-hybridized carbons (Fsp3) is 0.429. The second-order valence-corrected chi connectivity index (χ2v) is 3.86. The molecule has 0 saturated heterocycles. The number of alkyl halides is 3. The number of aromatic nitrogens is 1. The Hall–Kier alpha value is -1.11. The second-order valence-electron chi connectivity index (χ2n) is 2.65. The summed E-state index contributed by atoms with van der Waals surface area (Å²) in [4.78, 5) is 14.3. The summed E-state index contributed by atoms with van der Waals surface area (Å²) in [5, 5.41) is 0. The number of aryl methyl sites for hydroxylation is 2. The average Bonchev–Trinajstić information content (AvgIpc) is 2.28. The van der Waals surface area contributed by atoms with Crippen molar-refractivity contribution in [3.63, 3.8) is 0 Å². The molecule has 0 aromatic carbocycles. The molecule has 0 aliphatic rings. The Kier molecular flexibility index (Phi) is 2.79. The first-order valence-corrected chi connectivity index (χ1v) is 4.41. The third-order valence-corrected chi connectivity index (χ3v) is 2.36. The monoisotopic (exact) mass is 224 g/mol.